The maximum absolute atomic E-state index is 11.8. The SMILES string of the molecule is CNC1CCN(Cc2cc(=O)oc3cc(C)ccc23)CC1. The van der Waals surface area contributed by atoms with Gasteiger partial charge in [0.05, 0.1) is 0 Å². The highest BCUT2D eigenvalue weighted by Crippen LogP contribution is 2.21. The van der Waals surface area contributed by atoms with E-state index in [1.54, 1.807) is 6.07 Å². The molecule has 0 aliphatic carbocycles. The highest BCUT2D eigenvalue weighted by Gasteiger charge is 2.18. The average molecular weight is 286 g/mol. The van der Waals surface area contributed by atoms with Crippen molar-refractivity contribution in [3.8, 4) is 0 Å². The van der Waals surface area contributed by atoms with Gasteiger partial charge in [-0.3, -0.25) is 4.90 Å². The van der Waals surface area contributed by atoms with E-state index in [-0.39, 0.29) is 5.63 Å². The molecule has 21 heavy (non-hydrogen) atoms. The van der Waals surface area contributed by atoms with Crippen LogP contribution in [0, 0.1) is 6.92 Å². The van der Waals surface area contributed by atoms with Gasteiger partial charge in [0.1, 0.15) is 5.58 Å². The lowest BCUT2D eigenvalue weighted by atomic mass is 10.0. The van der Waals surface area contributed by atoms with Crippen LogP contribution in [-0.4, -0.2) is 31.1 Å². The summed E-state index contributed by atoms with van der Waals surface area (Å²) in [7, 11) is 2.03. The molecule has 1 fully saturated rings. The standard InChI is InChI=1S/C17H22N2O2/c1-12-3-4-15-13(10-17(20)21-16(15)9-12)11-19-7-5-14(18-2)6-8-19/h3-4,9-10,14,18H,5-8,11H2,1-2H3. The van der Waals surface area contributed by atoms with Crippen LogP contribution in [-0.2, 0) is 6.54 Å². The molecule has 0 unspecified atom stereocenters. The normalized spacial score (nSPS) is 17.4. The van der Waals surface area contributed by atoms with Gasteiger partial charge in [-0.1, -0.05) is 12.1 Å². The lowest BCUT2D eigenvalue weighted by Crippen LogP contribution is -2.40. The van der Waals surface area contributed by atoms with Crippen LogP contribution in [0.4, 0.5) is 0 Å². The Morgan fingerprint density at radius 1 is 1.29 bits per heavy atom. The van der Waals surface area contributed by atoms with E-state index in [9.17, 15) is 4.79 Å². The Balaban J connectivity index is 1.85. The van der Waals surface area contributed by atoms with Gasteiger partial charge in [0.15, 0.2) is 0 Å². The van der Waals surface area contributed by atoms with Crippen molar-refractivity contribution in [2.75, 3.05) is 20.1 Å². The van der Waals surface area contributed by atoms with E-state index < -0.39 is 0 Å². The number of nitrogens with one attached hydrogen (secondary N) is 1. The fraction of sp³-hybridized carbons (Fsp3) is 0.471. The number of piperidine rings is 1. The van der Waals surface area contributed by atoms with Gasteiger partial charge in [-0.05, 0) is 57.1 Å². The number of aryl methyl sites for hydroxylation is 1. The Morgan fingerprint density at radius 3 is 2.76 bits per heavy atom. The predicted molar refractivity (Wildman–Crippen MR) is 84.6 cm³/mol. The molecule has 0 spiro atoms. The van der Waals surface area contributed by atoms with Crippen LogP contribution in [0.5, 0.6) is 0 Å². The molecular formula is C17H22N2O2. The lowest BCUT2D eigenvalue weighted by Gasteiger charge is -2.31. The second-order valence-electron chi connectivity index (χ2n) is 5.93. The Morgan fingerprint density at radius 2 is 2.05 bits per heavy atom. The van der Waals surface area contributed by atoms with Gasteiger partial charge >= 0.3 is 5.63 Å². The van der Waals surface area contributed by atoms with Gasteiger partial charge in [0, 0.05) is 24.0 Å². The van der Waals surface area contributed by atoms with Gasteiger partial charge in [-0.2, -0.15) is 0 Å². The molecule has 1 aliphatic heterocycles. The van der Waals surface area contributed by atoms with E-state index >= 15 is 0 Å². The largest absolute Gasteiger partial charge is 0.423 e. The van der Waals surface area contributed by atoms with E-state index in [1.807, 2.05) is 20.0 Å². The van der Waals surface area contributed by atoms with Crippen molar-refractivity contribution in [3.63, 3.8) is 0 Å². The smallest absolute Gasteiger partial charge is 0.336 e. The van der Waals surface area contributed by atoms with E-state index in [0.29, 0.717) is 11.6 Å². The molecule has 1 N–H and O–H groups in total. The molecule has 3 rings (SSSR count). The zero-order valence-electron chi connectivity index (χ0n) is 12.7. The Labute approximate surface area is 124 Å². The third-order valence-electron chi connectivity index (χ3n) is 4.38. The summed E-state index contributed by atoms with van der Waals surface area (Å²) in [4.78, 5) is 14.2. The summed E-state index contributed by atoms with van der Waals surface area (Å²) < 4.78 is 5.32. The molecule has 2 aromatic rings. The molecule has 0 bridgehead atoms. The van der Waals surface area contributed by atoms with Crippen molar-refractivity contribution in [3.05, 3.63) is 45.8 Å². The van der Waals surface area contributed by atoms with Gasteiger partial charge in [-0.25, -0.2) is 4.79 Å². The minimum atomic E-state index is -0.256. The molecule has 4 heteroatoms. The van der Waals surface area contributed by atoms with Gasteiger partial charge in [0.2, 0.25) is 0 Å². The minimum Gasteiger partial charge on any atom is -0.423 e. The molecule has 1 saturated heterocycles. The van der Waals surface area contributed by atoms with E-state index in [0.717, 1.165) is 49.0 Å². The van der Waals surface area contributed by atoms with Crippen LogP contribution in [0.15, 0.2) is 33.5 Å². The predicted octanol–water partition coefficient (Wildman–Crippen LogP) is 2.29. The monoisotopic (exact) mass is 286 g/mol. The van der Waals surface area contributed by atoms with Crippen molar-refractivity contribution in [2.24, 2.45) is 0 Å². The van der Waals surface area contributed by atoms with Crippen molar-refractivity contribution < 1.29 is 4.42 Å². The molecule has 0 atom stereocenters. The first-order chi connectivity index (χ1) is 10.2. The highest BCUT2D eigenvalue weighted by molar-refractivity contribution is 5.80. The number of rotatable bonds is 3. The summed E-state index contributed by atoms with van der Waals surface area (Å²) in [6.07, 6.45) is 2.32. The van der Waals surface area contributed by atoms with Gasteiger partial charge in [-0.15, -0.1) is 0 Å². The van der Waals surface area contributed by atoms with Crippen LogP contribution in [0.3, 0.4) is 0 Å². The fourth-order valence-electron chi connectivity index (χ4n) is 3.09. The van der Waals surface area contributed by atoms with Crippen LogP contribution >= 0.6 is 0 Å². The zero-order valence-corrected chi connectivity index (χ0v) is 12.7. The summed E-state index contributed by atoms with van der Waals surface area (Å²) in [5.74, 6) is 0. The second-order valence-corrected chi connectivity index (χ2v) is 5.93. The number of hydrogen-bond acceptors (Lipinski definition) is 4. The minimum absolute atomic E-state index is 0.256. The van der Waals surface area contributed by atoms with E-state index in [4.69, 9.17) is 4.42 Å². The maximum Gasteiger partial charge on any atom is 0.336 e. The second kappa shape index (κ2) is 6.00. The molecule has 0 saturated carbocycles. The Bertz CT molecular complexity index is 685. The van der Waals surface area contributed by atoms with Crippen LogP contribution in [0.1, 0.15) is 24.0 Å². The molecule has 112 valence electrons. The summed E-state index contributed by atoms with van der Waals surface area (Å²) in [5.41, 5.74) is 2.62. The first-order valence-electron chi connectivity index (χ1n) is 7.59. The number of fused-ring (bicyclic) bond motifs is 1. The van der Waals surface area contributed by atoms with Crippen LogP contribution < -0.4 is 10.9 Å². The number of likely N-dealkylation sites (tertiary alicyclic amines) is 1. The molecule has 2 heterocycles. The third kappa shape index (κ3) is 3.17. The van der Waals surface area contributed by atoms with Crippen molar-refractivity contribution >= 4 is 11.0 Å². The number of nitrogens with zero attached hydrogens (tertiary/aromatic N) is 1. The van der Waals surface area contributed by atoms with Crippen molar-refractivity contribution in [1.29, 1.82) is 0 Å². The van der Waals surface area contributed by atoms with Crippen LogP contribution in [0.2, 0.25) is 0 Å². The average Bonchev–Trinajstić information content (AvgIpc) is 2.47. The molecule has 4 nitrogen and oxygen atoms in total. The maximum atomic E-state index is 11.8. The van der Waals surface area contributed by atoms with Crippen LogP contribution in [0.25, 0.3) is 11.0 Å². The molecule has 1 aromatic carbocycles. The first kappa shape index (κ1) is 14.3. The van der Waals surface area contributed by atoms with Gasteiger partial charge < -0.3 is 9.73 Å². The molecule has 0 radical (unpaired) electrons. The third-order valence-corrected chi connectivity index (χ3v) is 4.38. The fourth-order valence-corrected chi connectivity index (χ4v) is 3.09. The summed E-state index contributed by atoms with van der Waals surface area (Å²) in [5, 5.41) is 4.39. The van der Waals surface area contributed by atoms with E-state index in [2.05, 4.69) is 22.3 Å². The highest BCUT2D eigenvalue weighted by atomic mass is 16.4. The number of benzene rings is 1. The molecule has 1 aromatic heterocycles. The summed E-state index contributed by atoms with van der Waals surface area (Å²) >= 11 is 0. The summed E-state index contributed by atoms with van der Waals surface area (Å²) in [6.45, 7) is 4.97. The van der Waals surface area contributed by atoms with Gasteiger partial charge in [0.25, 0.3) is 0 Å². The molecular weight excluding hydrogens is 264 g/mol. The first-order valence-corrected chi connectivity index (χ1v) is 7.59. The Kier molecular flexibility index (Phi) is 4.08. The van der Waals surface area contributed by atoms with Crippen molar-refractivity contribution in [2.45, 2.75) is 32.4 Å². The zero-order chi connectivity index (χ0) is 14.8. The topological polar surface area (TPSA) is 45.5 Å². The number of hydrogen-bond donors (Lipinski definition) is 1. The summed E-state index contributed by atoms with van der Waals surface area (Å²) in [6, 6.07) is 8.33. The molecule has 0 amide bonds. The van der Waals surface area contributed by atoms with E-state index in [1.165, 1.54) is 0 Å². The van der Waals surface area contributed by atoms with Crippen molar-refractivity contribution in [1.82, 2.24) is 10.2 Å². The Hall–Kier alpha value is -1.65. The quantitative estimate of drug-likeness (QED) is 0.879. The molecule has 1 aliphatic rings. The lowest BCUT2D eigenvalue weighted by molar-refractivity contribution is 0.195.